The van der Waals surface area contributed by atoms with Crippen LogP contribution in [0.25, 0.3) is 11.0 Å². The zero-order valence-corrected chi connectivity index (χ0v) is 17.4. The minimum Gasteiger partial charge on any atom is -0.450 e. The molecule has 0 bridgehead atoms. The number of hydrogen-bond donors (Lipinski definition) is 1. The molecule has 7 heteroatoms. The molecule has 1 unspecified atom stereocenters. The zero-order valence-electron chi connectivity index (χ0n) is 15.0. The highest BCUT2D eigenvalue weighted by molar-refractivity contribution is 9.10. The van der Waals surface area contributed by atoms with Gasteiger partial charge < -0.3 is 14.4 Å². The summed E-state index contributed by atoms with van der Waals surface area (Å²) in [7, 11) is 0. The summed E-state index contributed by atoms with van der Waals surface area (Å²) in [5.74, 6) is -0.290. The van der Waals surface area contributed by atoms with Crippen LogP contribution in [-0.4, -0.2) is 29.1 Å². The number of rotatable bonds is 4. The van der Waals surface area contributed by atoms with Gasteiger partial charge >= 0.3 is 0 Å². The SMILES string of the molecule is Cc1cc2oc3c(c(=O)c2cc1Cl)C(c1cccc(Br)c1)N(CCCO)C3=O. The first kappa shape index (κ1) is 19.2. The largest absolute Gasteiger partial charge is 0.450 e. The number of nitrogens with zero attached hydrogens (tertiary/aromatic N) is 1. The molecular formula is C21H17BrClNO4. The van der Waals surface area contributed by atoms with Gasteiger partial charge in [-0.2, -0.15) is 0 Å². The molecule has 3 aromatic rings. The van der Waals surface area contributed by atoms with Crippen molar-refractivity contribution in [2.45, 2.75) is 19.4 Å². The fourth-order valence-corrected chi connectivity index (χ4v) is 4.22. The Hall–Kier alpha value is -2.15. The molecule has 1 atom stereocenters. The van der Waals surface area contributed by atoms with Crippen molar-refractivity contribution in [2.75, 3.05) is 13.2 Å². The first-order valence-electron chi connectivity index (χ1n) is 8.86. The Balaban J connectivity index is 2.00. The monoisotopic (exact) mass is 461 g/mol. The van der Waals surface area contributed by atoms with E-state index >= 15 is 0 Å². The van der Waals surface area contributed by atoms with Crippen LogP contribution in [0.3, 0.4) is 0 Å². The molecule has 28 heavy (non-hydrogen) atoms. The van der Waals surface area contributed by atoms with Gasteiger partial charge in [-0.15, -0.1) is 0 Å². The second-order valence-electron chi connectivity index (χ2n) is 6.80. The van der Waals surface area contributed by atoms with Crippen LogP contribution in [0.1, 0.15) is 39.7 Å². The summed E-state index contributed by atoms with van der Waals surface area (Å²) in [4.78, 5) is 28.0. The van der Waals surface area contributed by atoms with Crippen molar-refractivity contribution >= 4 is 44.4 Å². The van der Waals surface area contributed by atoms with Gasteiger partial charge in [-0.3, -0.25) is 9.59 Å². The summed E-state index contributed by atoms with van der Waals surface area (Å²) in [6.07, 6.45) is 0.406. The average molecular weight is 463 g/mol. The molecule has 0 radical (unpaired) electrons. The van der Waals surface area contributed by atoms with E-state index in [2.05, 4.69) is 15.9 Å². The summed E-state index contributed by atoms with van der Waals surface area (Å²) in [5.41, 5.74) is 1.96. The fourth-order valence-electron chi connectivity index (χ4n) is 3.64. The predicted molar refractivity (Wildman–Crippen MR) is 111 cm³/mol. The zero-order chi connectivity index (χ0) is 20.0. The van der Waals surface area contributed by atoms with Crippen molar-refractivity contribution in [3.63, 3.8) is 0 Å². The van der Waals surface area contributed by atoms with Crippen molar-refractivity contribution < 1.29 is 14.3 Å². The van der Waals surface area contributed by atoms with Crippen LogP contribution in [0, 0.1) is 6.92 Å². The average Bonchev–Trinajstić information content (AvgIpc) is 2.94. The quantitative estimate of drug-likeness (QED) is 0.622. The Morgan fingerprint density at radius 2 is 2.04 bits per heavy atom. The van der Waals surface area contributed by atoms with Crippen LogP contribution in [0.4, 0.5) is 0 Å². The number of amides is 1. The van der Waals surface area contributed by atoms with E-state index in [0.29, 0.717) is 34.5 Å². The molecule has 0 spiro atoms. The van der Waals surface area contributed by atoms with Crippen LogP contribution in [0.5, 0.6) is 0 Å². The number of fused-ring (bicyclic) bond motifs is 2. The summed E-state index contributed by atoms with van der Waals surface area (Å²) >= 11 is 9.67. The molecule has 0 saturated heterocycles. The normalized spacial score (nSPS) is 16.1. The highest BCUT2D eigenvalue weighted by Crippen LogP contribution is 2.39. The molecule has 1 aliphatic heterocycles. The van der Waals surface area contributed by atoms with Crippen molar-refractivity contribution in [3.05, 3.63) is 78.6 Å². The molecule has 0 fully saturated rings. The van der Waals surface area contributed by atoms with Crippen molar-refractivity contribution in [1.82, 2.24) is 4.90 Å². The van der Waals surface area contributed by atoms with E-state index in [1.807, 2.05) is 31.2 Å². The molecule has 144 valence electrons. The van der Waals surface area contributed by atoms with Crippen molar-refractivity contribution in [2.24, 2.45) is 0 Å². The highest BCUT2D eigenvalue weighted by Gasteiger charge is 2.42. The lowest BCUT2D eigenvalue weighted by Gasteiger charge is -2.25. The van der Waals surface area contributed by atoms with Gasteiger partial charge in [-0.1, -0.05) is 39.7 Å². The summed E-state index contributed by atoms with van der Waals surface area (Å²) in [6, 6.07) is 10.2. The van der Waals surface area contributed by atoms with Crippen LogP contribution < -0.4 is 5.43 Å². The van der Waals surface area contributed by atoms with Crippen LogP contribution >= 0.6 is 27.5 Å². The lowest BCUT2D eigenvalue weighted by Crippen LogP contribution is -2.31. The van der Waals surface area contributed by atoms with Crippen molar-refractivity contribution in [1.29, 1.82) is 0 Å². The van der Waals surface area contributed by atoms with E-state index in [1.165, 1.54) is 0 Å². The number of aliphatic hydroxyl groups is 1. The Kier molecular flexibility index (Phi) is 5.04. The maximum absolute atomic E-state index is 13.4. The predicted octanol–water partition coefficient (Wildman–Crippen LogP) is 4.44. The number of aliphatic hydroxyl groups excluding tert-OH is 1. The van der Waals surface area contributed by atoms with Gasteiger partial charge in [0.05, 0.1) is 17.0 Å². The van der Waals surface area contributed by atoms with Gasteiger partial charge in [0.2, 0.25) is 5.76 Å². The van der Waals surface area contributed by atoms with Crippen molar-refractivity contribution in [3.8, 4) is 0 Å². The number of hydrogen-bond acceptors (Lipinski definition) is 4. The Morgan fingerprint density at radius 1 is 1.25 bits per heavy atom. The van der Waals surface area contributed by atoms with Crippen LogP contribution in [0.15, 0.2) is 50.1 Å². The van der Waals surface area contributed by atoms with Gasteiger partial charge in [-0.25, -0.2) is 0 Å². The fraction of sp³-hybridized carbons (Fsp3) is 0.238. The number of benzene rings is 2. The molecule has 4 rings (SSSR count). The minimum atomic E-state index is -0.577. The van der Waals surface area contributed by atoms with Gasteiger partial charge in [0.15, 0.2) is 5.43 Å². The highest BCUT2D eigenvalue weighted by atomic mass is 79.9. The molecule has 2 heterocycles. The summed E-state index contributed by atoms with van der Waals surface area (Å²) in [6.45, 7) is 2.07. The van der Waals surface area contributed by atoms with Crippen LogP contribution in [-0.2, 0) is 0 Å². The first-order valence-corrected chi connectivity index (χ1v) is 10.0. The maximum Gasteiger partial charge on any atom is 0.290 e. The number of halogens is 2. The summed E-state index contributed by atoms with van der Waals surface area (Å²) in [5, 5.41) is 10.1. The Labute approximate surface area is 174 Å². The van der Waals surface area contributed by atoms with E-state index in [0.717, 1.165) is 15.6 Å². The number of carbonyl (C=O) groups is 1. The van der Waals surface area contributed by atoms with E-state index in [9.17, 15) is 14.7 Å². The molecule has 2 aromatic carbocycles. The smallest absolute Gasteiger partial charge is 0.290 e. The Morgan fingerprint density at radius 3 is 2.75 bits per heavy atom. The topological polar surface area (TPSA) is 70.8 Å². The second-order valence-corrected chi connectivity index (χ2v) is 8.13. The second kappa shape index (κ2) is 7.35. The first-order chi connectivity index (χ1) is 13.4. The van der Waals surface area contributed by atoms with Gasteiger partial charge in [0, 0.05) is 22.6 Å². The lowest BCUT2D eigenvalue weighted by atomic mass is 9.98. The third-order valence-electron chi connectivity index (χ3n) is 4.97. The standard InChI is InChI=1S/C21H17BrClNO4/c1-11-8-16-14(10-15(11)23)19(26)17-18(12-4-2-5-13(22)9-12)24(6-3-7-25)21(27)20(17)28-16/h2,4-5,8-10,18,25H,3,6-7H2,1H3. The van der Waals surface area contributed by atoms with E-state index in [4.69, 9.17) is 16.0 Å². The molecule has 1 aliphatic rings. The molecule has 1 N–H and O–H groups in total. The number of aryl methyl sites for hydroxylation is 1. The van der Waals surface area contributed by atoms with Gasteiger partial charge in [-0.05, 0) is 48.7 Å². The molecular weight excluding hydrogens is 446 g/mol. The van der Waals surface area contributed by atoms with E-state index in [-0.39, 0.29) is 23.7 Å². The molecule has 1 aromatic heterocycles. The summed E-state index contributed by atoms with van der Waals surface area (Å²) < 4.78 is 6.75. The molecule has 1 amide bonds. The third kappa shape index (κ3) is 3.05. The molecule has 0 aliphatic carbocycles. The van der Waals surface area contributed by atoms with Gasteiger partial charge in [0.25, 0.3) is 5.91 Å². The third-order valence-corrected chi connectivity index (χ3v) is 5.87. The lowest BCUT2D eigenvalue weighted by molar-refractivity contribution is 0.0716. The number of carbonyl (C=O) groups excluding carboxylic acids is 1. The van der Waals surface area contributed by atoms with Crippen LogP contribution in [0.2, 0.25) is 5.02 Å². The van der Waals surface area contributed by atoms with Gasteiger partial charge in [0.1, 0.15) is 5.58 Å². The molecule has 0 saturated carbocycles. The Bertz CT molecular complexity index is 1160. The molecule has 5 nitrogen and oxygen atoms in total. The minimum absolute atomic E-state index is 0.0521. The van der Waals surface area contributed by atoms with E-state index in [1.54, 1.807) is 17.0 Å². The maximum atomic E-state index is 13.4. The van der Waals surface area contributed by atoms with E-state index < -0.39 is 6.04 Å².